The monoisotopic (exact) mass is 284 g/mol. The quantitative estimate of drug-likeness (QED) is 0.829. The second kappa shape index (κ2) is 7.03. The van der Waals surface area contributed by atoms with Crippen molar-refractivity contribution in [1.82, 2.24) is 6.15 Å². The molecule has 0 unspecified atom stereocenters. The predicted molar refractivity (Wildman–Crippen MR) is 78.9 cm³/mol. The molecule has 0 aliphatic heterocycles. The summed E-state index contributed by atoms with van der Waals surface area (Å²) in [5, 5.41) is 4.73. The van der Waals surface area contributed by atoms with Gasteiger partial charge < -0.3 is 6.15 Å². The predicted octanol–water partition coefficient (Wildman–Crippen LogP) is 2.55. The molecule has 1 fully saturated rings. The number of nitrogens with two attached hydrogens (primary N) is 1. The first-order chi connectivity index (χ1) is 8.57. The number of sulfonamides is 1. The molecule has 0 heterocycles. The normalized spacial score (nSPS) is 18.2. The average Bonchev–Trinajstić information content (AvgIpc) is 2.32. The topological polar surface area (TPSA) is 95.2 Å². The Labute approximate surface area is 116 Å². The largest absolute Gasteiger partial charge is 0.344 e. The maximum absolute atomic E-state index is 10.8. The molecule has 0 saturated heterocycles. The van der Waals surface area contributed by atoms with Crippen LogP contribution in [0.1, 0.15) is 43.2 Å². The molecule has 0 atom stereocenters. The molecule has 2 aliphatic carbocycles. The summed E-state index contributed by atoms with van der Waals surface area (Å²) in [6.07, 6.45) is 7.32. The summed E-state index contributed by atoms with van der Waals surface area (Å²) in [7, 11) is -3.23. The van der Waals surface area contributed by atoms with Gasteiger partial charge >= 0.3 is 0 Å². The van der Waals surface area contributed by atoms with Crippen molar-refractivity contribution in [3.8, 4) is 0 Å². The van der Waals surface area contributed by atoms with E-state index in [1.807, 2.05) is 0 Å². The summed E-state index contributed by atoms with van der Waals surface area (Å²) in [6.45, 7) is 0. The Balaban J connectivity index is 0.000000183. The van der Waals surface area contributed by atoms with E-state index in [2.05, 4.69) is 24.3 Å². The summed E-state index contributed by atoms with van der Waals surface area (Å²) in [6, 6.07) is 8.63. The van der Waals surface area contributed by atoms with Gasteiger partial charge in [-0.3, -0.25) is 0 Å². The van der Waals surface area contributed by atoms with Gasteiger partial charge in [0.05, 0.1) is 5.25 Å². The minimum absolute atomic E-state index is 0. The van der Waals surface area contributed by atoms with Crippen molar-refractivity contribution in [2.45, 2.75) is 50.2 Å². The van der Waals surface area contributed by atoms with Crippen molar-refractivity contribution < 1.29 is 8.42 Å². The molecule has 0 bridgehead atoms. The summed E-state index contributed by atoms with van der Waals surface area (Å²) in [5.74, 6) is 0. The van der Waals surface area contributed by atoms with Gasteiger partial charge in [0.25, 0.3) is 0 Å². The number of rotatable bonds is 1. The van der Waals surface area contributed by atoms with Gasteiger partial charge in [0.2, 0.25) is 10.0 Å². The lowest BCUT2D eigenvalue weighted by Crippen LogP contribution is -2.30. The van der Waals surface area contributed by atoms with Gasteiger partial charge in [-0.05, 0) is 36.8 Å². The molecule has 3 rings (SSSR count). The highest BCUT2D eigenvalue weighted by Crippen LogP contribution is 2.22. The Morgan fingerprint density at radius 3 is 1.68 bits per heavy atom. The third kappa shape index (κ3) is 4.60. The minimum Gasteiger partial charge on any atom is -0.344 e. The highest BCUT2D eigenvalue weighted by Gasteiger charge is 2.22. The first-order valence-corrected chi connectivity index (χ1v) is 8.27. The maximum Gasteiger partial charge on any atom is 0.211 e. The lowest BCUT2D eigenvalue weighted by Gasteiger charge is -2.18. The van der Waals surface area contributed by atoms with Gasteiger partial charge in [-0.15, -0.1) is 0 Å². The molecule has 1 saturated carbocycles. The van der Waals surface area contributed by atoms with E-state index in [-0.39, 0.29) is 11.4 Å². The number of aryl methyl sites for hydroxylation is 2. The Kier molecular flexibility index (Phi) is 5.97. The van der Waals surface area contributed by atoms with Gasteiger partial charge in [-0.2, -0.15) is 0 Å². The lowest BCUT2D eigenvalue weighted by atomic mass is 9.89. The lowest BCUT2D eigenvalue weighted by molar-refractivity contribution is 0.484. The van der Waals surface area contributed by atoms with Crippen LogP contribution in [0.5, 0.6) is 0 Å². The van der Waals surface area contributed by atoms with E-state index in [1.54, 1.807) is 11.1 Å². The van der Waals surface area contributed by atoms with Crippen LogP contribution in [-0.4, -0.2) is 13.7 Å². The van der Waals surface area contributed by atoms with Crippen LogP contribution in [0.25, 0.3) is 0 Å². The van der Waals surface area contributed by atoms with Crippen LogP contribution < -0.4 is 11.3 Å². The Morgan fingerprint density at radius 1 is 0.947 bits per heavy atom. The summed E-state index contributed by atoms with van der Waals surface area (Å²) < 4.78 is 21.5. The Morgan fingerprint density at radius 2 is 1.42 bits per heavy atom. The van der Waals surface area contributed by atoms with Crippen molar-refractivity contribution >= 4 is 10.0 Å². The molecule has 1 aromatic rings. The second-order valence-electron chi connectivity index (χ2n) is 5.12. The van der Waals surface area contributed by atoms with Gasteiger partial charge in [0, 0.05) is 0 Å². The van der Waals surface area contributed by atoms with Crippen molar-refractivity contribution in [3.05, 3.63) is 35.4 Å². The van der Waals surface area contributed by atoms with Crippen LogP contribution in [0.15, 0.2) is 24.3 Å². The molecule has 2 aliphatic rings. The van der Waals surface area contributed by atoms with Gasteiger partial charge in [-0.25, -0.2) is 13.6 Å². The second-order valence-corrected chi connectivity index (χ2v) is 6.96. The van der Waals surface area contributed by atoms with Gasteiger partial charge in [0.15, 0.2) is 0 Å². The molecule has 1 aromatic carbocycles. The third-order valence-corrected chi connectivity index (χ3v) is 5.20. The number of hydrogen-bond donors (Lipinski definition) is 2. The zero-order chi connectivity index (χ0) is 13.0. The molecular formula is C14H24N2O2S. The molecular weight excluding hydrogens is 260 g/mol. The van der Waals surface area contributed by atoms with E-state index >= 15 is 0 Å². The zero-order valence-corrected chi connectivity index (χ0v) is 12.2. The molecule has 0 amide bonds. The van der Waals surface area contributed by atoms with Crippen molar-refractivity contribution in [2.75, 3.05) is 0 Å². The zero-order valence-electron chi connectivity index (χ0n) is 11.3. The molecule has 19 heavy (non-hydrogen) atoms. The minimum atomic E-state index is -3.23. The van der Waals surface area contributed by atoms with Crippen LogP contribution in [0, 0.1) is 0 Å². The highest BCUT2D eigenvalue weighted by atomic mass is 32.2. The number of benzene rings is 1. The van der Waals surface area contributed by atoms with E-state index in [9.17, 15) is 8.42 Å². The molecule has 0 spiro atoms. The third-order valence-electron chi connectivity index (χ3n) is 3.80. The van der Waals surface area contributed by atoms with Crippen molar-refractivity contribution in [3.63, 3.8) is 0 Å². The van der Waals surface area contributed by atoms with E-state index < -0.39 is 10.0 Å². The average molecular weight is 284 g/mol. The van der Waals surface area contributed by atoms with E-state index in [4.69, 9.17) is 5.14 Å². The molecule has 5 heteroatoms. The van der Waals surface area contributed by atoms with Crippen LogP contribution in [0.2, 0.25) is 0 Å². The number of primary sulfonamides is 1. The smallest absolute Gasteiger partial charge is 0.211 e. The number of fused-ring (bicyclic) bond motifs is 1. The molecule has 5 N–H and O–H groups in total. The van der Waals surface area contributed by atoms with E-state index in [1.165, 1.54) is 12.8 Å². The molecule has 0 radical (unpaired) electrons. The number of hydrogen-bond acceptors (Lipinski definition) is 3. The fourth-order valence-electron chi connectivity index (χ4n) is 2.53. The van der Waals surface area contributed by atoms with E-state index in [0.717, 1.165) is 32.1 Å². The van der Waals surface area contributed by atoms with Crippen molar-refractivity contribution in [1.29, 1.82) is 0 Å². The van der Waals surface area contributed by atoms with Gasteiger partial charge in [0.1, 0.15) is 0 Å². The van der Waals surface area contributed by atoms with E-state index in [0.29, 0.717) is 0 Å². The highest BCUT2D eigenvalue weighted by molar-refractivity contribution is 7.89. The Bertz CT molecular complexity index is 471. The van der Waals surface area contributed by atoms with Crippen LogP contribution in [0.3, 0.4) is 0 Å². The first-order valence-electron chi connectivity index (χ1n) is 6.66. The maximum atomic E-state index is 10.8. The molecule has 0 aromatic heterocycles. The summed E-state index contributed by atoms with van der Waals surface area (Å²) in [4.78, 5) is 0. The van der Waals surface area contributed by atoms with Crippen LogP contribution in [0.4, 0.5) is 0 Å². The molecule has 4 nitrogen and oxygen atoms in total. The standard InChI is InChI=1S/C8H8.C6H13NO2S.H3N/c1-2-4-8-6-5-7(8)3-1;7-10(8,9)6-4-2-1-3-5-6;/h1-4H,5-6H2;6H,1-5H2,(H2,7,8,9);1H3. The SMILES string of the molecule is N.NS(=O)(=O)C1CCCCC1.c1ccc2c(c1)CC2. The van der Waals surface area contributed by atoms with Crippen molar-refractivity contribution in [2.24, 2.45) is 5.14 Å². The fraction of sp³-hybridized carbons (Fsp3) is 0.571. The fourth-order valence-corrected chi connectivity index (χ4v) is 3.52. The Hall–Kier alpha value is -0.910. The summed E-state index contributed by atoms with van der Waals surface area (Å²) >= 11 is 0. The van der Waals surface area contributed by atoms with Crippen LogP contribution >= 0.6 is 0 Å². The first kappa shape index (κ1) is 16.1. The van der Waals surface area contributed by atoms with Crippen LogP contribution in [-0.2, 0) is 22.9 Å². The molecule has 108 valence electrons. The van der Waals surface area contributed by atoms with Gasteiger partial charge in [-0.1, -0.05) is 43.5 Å². The summed E-state index contributed by atoms with van der Waals surface area (Å²) in [5.41, 5.74) is 3.10.